The Morgan fingerprint density at radius 1 is 0.419 bits per heavy atom. The normalized spacial score (nSPS) is 18.3. The highest BCUT2D eigenvalue weighted by atomic mass is 16.6. The Morgan fingerprint density at radius 2 is 0.871 bits per heavy atom. The van der Waals surface area contributed by atoms with E-state index in [1.165, 1.54) is 0 Å². The Balaban J connectivity index is 1.56. The van der Waals surface area contributed by atoms with Crippen molar-refractivity contribution in [3.05, 3.63) is 54.1 Å². The maximum Gasteiger partial charge on any atom is 0.161 e. The quantitative estimate of drug-likeness (QED) is 0.631. The van der Waals surface area contributed by atoms with Gasteiger partial charge in [-0.05, 0) is 24.6 Å². The number of para-hydroxylation sites is 3. The molecule has 0 fully saturated rings. The summed E-state index contributed by atoms with van der Waals surface area (Å²) in [5.74, 6) is 2.16. The number of rotatable bonds is 0. The highest BCUT2D eigenvalue weighted by Crippen LogP contribution is 2.28. The van der Waals surface area contributed by atoms with Crippen molar-refractivity contribution >= 4 is 0 Å². The average molecular weight is 433 g/mol. The van der Waals surface area contributed by atoms with Crippen molar-refractivity contribution in [2.75, 3.05) is 66.1 Å². The van der Waals surface area contributed by atoms with E-state index in [1.54, 1.807) is 0 Å². The lowest BCUT2D eigenvalue weighted by molar-refractivity contribution is 0.00473. The van der Waals surface area contributed by atoms with Crippen molar-refractivity contribution < 1.29 is 33.2 Å². The molecule has 1 heterocycles. The molecule has 0 aliphatic carbocycles. The first-order valence-corrected chi connectivity index (χ1v) is 10.8. The highest BCUT2D eigenvalue weighted by Gasteiger charge is 2.08. The minimum atomic E-state index is 0.377. The third-order valence-electron chi connectivity index (χ3n) is 4.50. The van der Waals surface area contributed by atoms with E-state index in [1.807, 2.05) is 48.5 Å². The van der Waals surface area contributed by atoms with Gasteiger partial charge < -0.3 is 33.2 Å². The van der Waals surface area contributed by atoms with Gasteiger partial charge in [0.05, 0.1) is 39.6 Å². The molecule has 0 unspecified atom stereocenters. The molecule has 7 heteroatoms. The molecule has 1 aliphatic heterocycles. The molecule has 170 valence electrons. The van der Waals surface area contributed by atoms with Crippen LogP contribution in [-0.2, 0) is 25.6 Å². The van der Waals surface area contributed by atoms with Gasteiger partial charge in [0.15, 0.2) is 11.5 Å². The molecule has 2 aromatic rings. The van der Waals surface area contributed by atoms with Crippen molar-refractivity contribution in [3.63, 3.8) is 0 Å². The summed E-state index contributed by atoms with van der Waals surface area (Å²) in [7, 11) is 0. The molecule has 0 N–H and O–H groups in total. The van der Waals surface area contributed by atoms with E-state index in [0.717, 1.165) is 17.7 Å². The SMILES string of the molecule is c1ccc2c(c1)COc1ccccc1OCCOCCCOCCOCCOCCO2. The molecular weight excluding hydrogens is 400 g/mol. The topological polar surface area (TPSA) is 64.6 Å². The molecule has 0 amide bonds. The van der Waals surface area contributed by atoms with E-state index in [-0.39, 0.29) is 0 Å². The lowest BCUT2D eigenvalue weighted by atomic mass is 10.2. The third-order valence-corrected chi connectivity index (χ3v) is 4.50. The second-order valence-corrected chi connectivity index (χ2v) is 6.84. The van der Waals surface area contributed by atoms with Gasteiger partial charge >= 0.3 is 0 Å². The molecular formula is C24H32O7. The lowest BCUT2D eigenvalue weighted by Gasteiger charge is -2.15. The van der Waals surface area contributed by atoms with Crippen LogP contribution in [0.4, 0.5) is 0 Å². The largest absolute Gasteiger partial charge is 0.491 e. The van der Waals surface area contributed by atoms with E-state index in [0.29, 0.717) is 84.2 Å². The Labute approximate surface area is 184 Å². The van der Waals surface area contributed by atoms with Gasteiger partial charge in [0.25, 0.3) is 0 Å². The van der Waals surface area contributed by atoms with Crippen molar-refractivity contribution in [1.29, 1.82) is 0 Å². The van der Waals surface area contributed by atoms with E-state index < -0.39 is 0 Å². The van der Waals surface area contributed by atoms with Crippen molar-refractivity contribution in [2.45, 2.75) is 13.0 Å². The number of benzene rings is 2. The van der Waals surface area contributed by atoms with Gasteiger partial charge in [0, 0.05) is 18.8 Å². The van der Waals surface area contributed by atoms with Gasteiger partial charge in [-0.2, -0.15) is 0 Å². The molecule has 7 nitrogen and oxygen atoms in total. The Morgan fingerprint density at radius 3 is 1.52 bits per heavy atom. The number of hydrogen-bond donors (Lipinski definition) is 0. The van der Waals surface area contributed by atoms with Crippen molar-refractivity contribution in [3.8, 4) is 17.2 Å². The van der Waals surface area contributed by atoms with Crippen LogP contribution in [0.5, 0.6) is 17.2 Å². The summed E-state index contributed by atoms with van der Waals surface area (Å²) in [5, 5.41) is 0. The zero-order chi connectivity index (χ0) is 21.4. The molecule has 0 radical (unpaired) electrons. The number of fused-ring (bicyclic) bond motifs is 2. The van der Waals surface area contributed by atoms with Crippen LogP contribution in [0.2, 0.25) is 0 Å². The van der Waals surface area contributed by atoms with Crippen LogP contribution in [-0.4, -0.2) is 66.1 Å². The van der Waals surface area contributed by atoms with Gasteiger partial charge in [0.1, 0.15) is 25.6 Å². The standard InChI is InChI=1S/C24H32O7/c1-2-7-22-21(6-1)20-31-24-9-4-3-8-23(24)30-19-16-26-11-5-10-25-12-13-27-14-15-28-17-18-29-22/h1-4,6-9H,5,10-20H2. The summed E-state index contributed by atoms with van der Waals surface area (Å²) in [5.41, 5.74) is 0.961. The Bertz CT molecular complexity index is 676. The minimum absolute atomic E-state index is 0.377. The van der Waals surface area contributed by atoms with Gasteiger partial charge in [-0.3, -0.25) is 0 Å². The Kier molecular flexibility index (Phi) is 11.0. The van der Waals surface area contributed by atoms with Gasteiger partial charge in [-0.15, -0.1) is 0 Å². The van der Waals surface area contributed by atoms with Crippen LogP contribution in [0.3, 0.4) is 0 Å². The first-order valence-electron chi connectivity index (χ1n) is 10.8. The van der Waals surface area contributed by atoms with Gasteiger partial charge in [0.2, 0.25) is 0 Å². The maximum absolute atomic E-state index is 6.03. The molecule has 0 saturated carbocycles. The van der Waals surface area contributed by atoms with Gasteiger partial charge in [-0.25, -0.2) is 0 Å². The van der Waals surface area contributed by atoms with Crippen molar-refractivity contribution in [1.82, 2.24) is 0 Å². The summed E-state index contributed by atoms with van der Waals surface area (Å²) in [6.07, 6.45) is 0.836. The molecule has 31 heavy (non-hydrogen) atoms. The maximum atomic E-state index is 6.03. The lowest BCUT2D eigenvalue weighted by Crippen LogP contribution is -2.13. The van der Waals surface area contributed by atoms with E-state index in [4.69, 9.17) is 33.2 Å². The highest BCUT2D eigenvalue weighted by molar-refractivity contribution is 5.40. The number of hydrogen-bond acceptors (Lipinski definition) is 7. The minimum Gasteiger partial charge on any atom is -0.491 e. The smallest absolute Gasteiger partial charge is 0.161 e. The van der Waals surface area contributed by atoms with Crippen LogP contribution >= 0.6 is 0 Å². The molecule has 0 bridgehead atoms. The fraction of sp³-hybridized carbons (Fsp3) is 0.500. The first-order chi connectivity index (χ1) is 15.4. The molecule has 2 aromatic carbocycles. The van der Waals surface area contributed by atoms with Gasteiger partial charge in [-0.1, -0.05) is 30.3 Å². The first kappa shape index (κ1) is 23.3. The van der Waals surface area contributed by atoms with Crippen LogP contribution in [0, 0.1) is 0 Å². The van der Waals surface area contributed by atoms with Crippen molar-refractivity contribution in [2.24, 2.45) is 0 Å². The zero-order valence-electron chi connectivity index (χ0n) is 18.0. The second-order valence-electron chi connectivity index (χ2n) is 6.84. The summed E-state index contributed by atoms with van der Waals surface area (Å²) in [6, 6.07) is 15.5. The number of ether oxygens (including phenoxy) is 7. The Hall–Kier alpha value is -2.32. The van der Waals surface area contributed by atoms with Crippen LogP contribution < -0.4 is 14.2 Å². The molecule has 1 aliphatic rings. The monoisotopic (exact) mass is 432 g/mol. The fourth-order valence-electron chi connectivity index (χ4n) is 2.94. The molecule has 0 saturated heterocycles. The van der Waals surface area contributed by atoms with E-state index >= 15 is 0 Å². The van der Waals surface area contributed by atoms with Crippen LogP contribution in [0.25, 0.3) is 0 Å². The van der Waals surface area contributed by atoms with Crippen LogP contribution in [0.15, 0.2) is 48.5 Å². The van der Waals surface area contributed by atoms with Crippen LogP contribution in [0.1, 0.15) is 12.0 Å². The predicted octanol–water partition coefficient (Wildman–Crippen LogP) is 3.49. The van der Waals surface area contributed by atoms with E-state index in [2.05, 4.69) is 0 Å². The average Bonchev–Trinajstić information content (AvgIpc) is 2.80. The second kappa shape index (κ2) is 14.6. The predicted molar refractivity (Wildman–Crippen MR) is 116 cm³/mol. The molecule has 0 spiro atoms. The fourth-order valence-corrected chi connectivity index (χ4v) is 2.94. The third kappa shape index (κ3) is 9.14. The van der Waals surface area contributed by atoms with E-state index in [9.17, 15) is 0 Å². The summed E-state index contributed by atoms with van der Waals surface area (Å²) in [4.78, 5) is 0. The summed E-state index contributed by atoms with van der Waals surface area (Å²) >= 11 is 0. The molecule has 3 rings (SSSR count). The molecule has 0 atom stereocenters. The summed E-state index contributed by atoms with van der Waals surface area (Å²) in [6.45, 7) is 5.76. The summed E-state index contributed by atoms with van der Waals surface area (Å²) < 4.78 is 40.0. The molecule has 0 aromatic heterocycles. The zero-order valence-corrected chi connectivity index (χ0v) is 18.0.